The van der Waals surface area contributed by atoms with Crippen molar-refractivity contribution < 1.29 is 43.8 Å². The summed E-state index contributed by atoms with van der Waals surface area (Å²) in [5.74, 6) is -3.65. The first-order valence-corrected chi connectivity index (χ1v) is 4.63. The van der Waals surface area contributed by atoms with Gasteiger partial charge in [-0.3, -0.25) is 10.1 Å². The van der Waals surface area contributed by atoms with Crippen LogP contribution in [0.3, 0.4) is 0 Å². The minimum atomic E-state index is -2.64. The third-order valence-corrected chi connectivity index (χ3v) is 2.19. The maximum atomic E-state index is 11.5. The Hall–Kier alpha value is -1.71. The first-order valence-electron chi connectivity index (χ1n) is 4.63. The van der Waals surface area contributed by atoms with Crippen molar-refractivity contribution in [2.45, 2.75) is 18.1 Å². The number of carbonyl (C=O) groups excluding carboxylic acids is 3. The largest absolute Gasteiger partial charge is 0.469 e. The van der Waals surface area contributed by atoms with Crippen LogP contribution in [0.15, 0.2) is 0 Å². The molecule has 0 aromatic carbocycles. The highest BCUT2D eigenvalue weighted by Gasteiger charge is 2.55. The molecule has 0 saturated carbocycles. The average Bonchev–Trinajstić information content (AvgIpc) is 2.41. The molecule has 0 rings (SSSR count). The summed E-state index contributed by atoms with van der Waals surface area (Å²) in [7, 11) is 2.85. The number of ether oxygens (including phenoxy) is 3. The molecule has 0 radical (unpaired) electrons. The SMILES string of the molecule is COC(=O)CC(OO)(C(=O)OC)C(O)C(=O)OC. The van der Waals surface area contributed by atoms with E-state index in [1.54, 1.807) is 0 Å². The molecule has 0 heterocycles. The number of esters is 3. The van der Waals surface area contributed by atoms with Crippen LogP contribution in [0.2, 0.25) is 0 Å². The second-order valence-corrected chi connectivity index (χ2v) is 3.15. The van der Waals surface area contributed by atoms with Gasteiger partial charge in [0.2, 0.25) is 5.60 Å². The number of rotatable bonds is 6. The molecule has 9 nitrogen and oxygen atoms in total. The van der Waals surface area contributed by atoms with Gasteiger partial charge in [0, 0.05) is 0 Å². The summed E-state index contributed by atoms with van der Waals surface area (Å²) in [6.07, 6.45) is -3.21. The fourth-order valence-electron chi connectivity index (χ4n) is 1.16. The summed E-state index contributed by atoms with van der Waals surface area (Å²) in [6.45, 7) is 0. The van der Waals surface area contributed by atoms with Crippen molar-refractivity contribution >= 4 is 17.9 Å². The van der Waals surface area contributed by atoms with Gasteiger partial charge in [0.15, 0.2) is 6.10 Å². The summed E-state index contributed by atoms with van der Waals surface area (Å²) in [5, 5.41) is 18.4. The third kappa shape index (κ3) is 3.15. The molecule has 2 N–H and O–H groups in total. The van der Waals surface area contributed by atoms with E-state index in [2.05, 4.69) is 19.1 Å². The summed E-state index contributed by atoms with van der Waals surface area (Å²) < 4.78 is 12.7. The third-order valence-electron chi connectivity index (χ3n) is 2.19. The first kappa shape index (κ1) is 16.3. The quantitative estimate of drug-likeness (QED) is 0.255. The van der Waals surface area contributed by atoms with E-state index >= 15 is 0 Å². The average molecular weight is 266 g/mol. The van der Waals surface area contributed by atoms with Crippen LogP contribution >= 0.6 is 0 Å². The fourth-order valence-corrected chi connectivity index (χ4v) is 1.16. The topological polar surface area (TPSA) is 129 Å². The Morgan fingerprint density at radius 3 is 2.00 bits per heavy atom. The second-order valence-electron chi connectivity index (χ2n) is 3.15. The maximum absolute atomic E-state index is 11.5. The molecule has 0 spiro atoms. The van der Waals surface area contributed by atoms with Gasteiger partial charge in [-0.05, 0) is 0 Å². The number of methoxy groups -OCH3 is 3. The van der Waals surface area contributed by atoms with E-state index in [1.165, 1.54) is 0 Å². The Morgan fingerprint density at radius 1 is 1.11 bits per heavy atom. The number of aliphatic hydroxyl groups excluding tert-OH is 1. The number of hydrogen-bond acceptors (Lipinski definition) is 9. The Morgan fingerprint density at radius 2 is 1.67 bits per heavy atom. The van der Waals surface area contributed by atoms with E-state index in [-0.39, 0.29) is 0 Å². The molecule has 0 saturated heterocycles. The molecule has 9 heteroatoms. The van der Waals surface area contributed by atoms with Crippen LogP contribution in [0.5, 0.6) is 0 Å². The minimum absolute atomic E-state index is 0.914. The van der Waals surface area contributed by atoms with Crippen LogP contribution in [0.4, 0.5) is 0 Å². The summed E-state index contributed by atoms with van der Waals surface area (Å²) >= 11 is 0. The Labute approximate surface area is 102 Å². The van der Waals surface area contributed by atoms with Gasteiger partial charge in [-0.1, -0.05) is 0 Å². The lowest BCUT2D eigenvalue weighted by Gasteiger charge is -2.29. The highest BCUT2D eigenvalue weighted by atomic mass is 17.1. The molecule has 2 unspecified atom stereocenters. The Bertz CT molecular complexity index is 326. The molecular weight excluding hydrogens is 252 g/mol. The molecule has 0 aliphatic heterocycles. The predicted molar refractivity (Wildman–Crippen MR) is 53.1 cm³/mol. The van der Waals surface area contributed by atoms with Gasteiger partial charge in [-0.25, -0.2) is 14.5 Å². The van der Waals surface area contributed by atoms with E-state index in [0.717, 1.165) is 21.3 Å². The zero-order chi connectivity index (χ0) is 14.3. The molecule has 18 heavy (non-hydrogen) atoms. The van der Waals surface area contributed by atoms with Crippen molar-refractivity contribution in [3.8, 4) is 0 Å². The smallest absolute Gasteiger partial charge is 0.345 e. The van der Waals surface area contributed by atoms with Gasteiger partial charge < -0.3 is 19.3 Å². The molecular formula is C9H14O9. The number of hydrogen-bond donors (Lipinski definition) is 2. The van der Waals surface area contributed by atoms with Crippen molar-refractivity contribution in [2.24, 2.45) is 0 Å². The minimum Gasteiger partial charge on any atom is -0.469 e. The second kappa shape index (κ2) is 6.89. The molecule has 0 fully saturated rings. The molecule has 2 atom stereocenters. The van der Waals surface area contributed by atoms with Gasteiger partial charge in [-0.2, -0.15) is 0 Å². The summed E-state index contributed by atoms with van der Waals surface area (Å²) in [6, 6.07) is 0. The Kier molecular flexibility index (Phi) is 6.23. The van der Waals surface area contributed by atoms with E-state index < -0.39 is 36.0 Å². The lowest BCUT2D eigenvalue weighted by atomic mass is 9.92. The van der Waals surface area contributed by atoms with Crippen LogP contribution in [0, 0.1) is 0 Å². The zero-order valence-electron chi connectivity index (χ0n) is 10.0. The molecule has 0 aromatic rings. The highest BCUT2D eigenvalue weighted by molar-refractivity contribution is 5.92. The van der Waals surface area contributed by atoms with Crippen LogP contribution < -0.4 is 0 Å². The lowest BCUT2D eigenvalue weighted by molar-refractivity contribution is -0.335. The fraction of sp³-hybridized carbons (Fsp3) is 0.667. The summed E-state index contributed by atoms with van der Waals surface area (Å²) in [5.41, 5.74) is -2.64. The standard InChI is InChI=1S/C9H14O9/c1-15-5(10)4-9(18-14,8(13)17-3)6(11)7(12)16-2/h6,11,14H,4H2,1-3H3. The van der Waals surface area contributed by atoms with Crippen LogP contribution in [-0.4, -0.2) is 61.3 Å². The monoisotopic (exact) mass is 266 g/mol. The molecule has 0 aliphatic rings. The molecule has 0 aliphatic carbocycles. The van der Waals surface area contributed by atoms with E-state index in [9.17, 15) is 19.5 Å². The van der Waals surface area contributed by atoms with Gasteiger partial charge >= 0.3 is 17.9 Å². The zero-order valence-corrected chi connectivity index (χ0v) is 10.0. The van der Waals surface area contributed by atoms with Gasteiger partial charge in [-0.15, -0.1) is 0 Å². The molecule has 0 amide bonds. The lowest BCUT2D eigenvalue weighted by Crippen LogP contribution is -2.57. The predicted octanol–water partition coefficient (Wildman–Crippen LogP) is -1.52. The van der Waals surface area contributed by atoms with Crippen molar-refractivity contribution in [3.05, 3.63) is 0 Å². The van der Waals surface area contributed by atoms with Gasteiger partial charge in [0.05, 0.1) is 27.8 Å². The first-order chi connectivity index (χ1) is 8.39. The highest BCUT2D eigenvalue weighted by Crippen LogP contribution is 2.24. The van der Waals surface area contributed by atoms with Crippen LogP contribution in [0.1, 0.15) is 6.42 Å². The van der Waals surface area contributed by atoms with E-state index in [4.69, 9.17) is 5.26 Å². The summed E-state index contributed by atoms with van der Waals surface area (Å²) in [4.78, 5) is 37.6. The van der Waals surface area contributed by atoms with Crippen molar-refractivity contribution in [3.63, 3.8) is 0 Å². The van der Waals surface area contributed by atoms with Crippen LogP contribution in [0.25, 0.3) is 0 Å². The van der Waals surface area contributed by atoms with Crippen molar-refractivity contribution in [2.75, 3.05) is 21.3 Å². The normalized spacial score (nSPS) is 15.2. The van der Waals surface area contributed by atoms with Gasteiger partial charge in [0.25, 0.3) is 0 Å². The Balaban J connectivity index is 5.41. The molecule has 104 valence electrons. The molecule has 0 aromatic heterocycles. The van der Waals surface area contributed by atoms with Crippen molar-refractivity contribution in [1.29, 1.82) is 0 Å². The van der Waals surface area contributed by atoms with Crippen molar-refractivity contribution in [1.82, 2.24) is 0 Å². The van der Waals surface area contributed by atoms with E-state index in [0.29, 0.717) is 0 Å². The van der Waals surface area contributed by atoms with Crippen LogP contribution in [-0.2, 0) is 33.5 Å². The van der Waals surface area contributed by atoms with E-state index in [1.807, 2.05) is 0 Å². The van der Waals surface area contributed by atoms with Gasteiger partial charge in [0.1, 0.15) is 0 Å². The number of carbonyl (C=O) groups is 3. The molecule has 0 bridgehead atoms. The maximum Gasteiger partial charge on any atom is 0.345 e. The number of aliphatic hydroxyl groups is 1.